The monoisotopic (exact) mass is 151 g/mol. The van der Waals surface area contributed by atoms with Gasteiger partial charge in [0.15, 0.2) is 0 Å². The standard InChI is InChI=1S/C8H13N3/c1-2-3-4-8(5-9)6-11-7-10/h2,4,6-7,10H,1,3,5,9H2/b8-4-,10-7?,11-6-. The van der Waals surface area contributed by atoms with Crippen molar-refractivity contribution >= 4 is 12.6 Å². The second-order valence-electron chi connectivity index (χ2n) is 1.91. The van der Waals surface area contributed by atoms with Crippen LogP contribution < -0.4 is 5.73 Å². The second kappa shape index (κ2) is 6.89. The fourth-order valence-corrected chi connectivity index (χ4v) is 0.556. The highest BCUT2D eigenvalue weighted by molar-refractivity contribution is 5.84. The molecule has 0 fully saturated rings. The number of hydrogen-bond acceptors (Lipinski definition) is 2. The normalized spacial score (nSPS) is 11.9. The van der Waals surface area contributed by atoms with Gasteiger partial charge in [0.25, 0.3) is 0 Å². The molecule has 3 nitrogen and oxygen atoms in total. The lowest BCUT2D eigenvalue weighted by atomic mass is 10.2. The minimum atomic E-state index is 0.450. The van der Waals surface area contributed by atoms with E-state index in [2.05, 4.69) is 11.6 Å². The lowest BCUT2D eigenvalue weighted by Gasteiger charge is -1.92. The molecule has 0 atom stereocenters. The van der Waals surface area contributed by atoms with E-state index in [-0.39, 0.29) is 0 Å². The smallest absolute Gasteiger partial charge is 0.106 e. The van der Waals surface area contributed by atoms with Gasteiger partial charge in [0.2, 0.25) is 0 Å². The molecule has 0 aliphatic carbocycles. The number of hydrogen-bond donors (Lipinski definition) is 2. The first-order valence-corrected chi connectivity index (χ1v) is 3.37. The van der Waals surface area contributed by atoms with Crippen molar-refractivity contribution in [2.75, 3.05) is 6.54 Å². The highest BCUT2D eigenvalue weighted by Gasteiger charge is 1.85. The maximum atomic E-state index is 6.64. The lowest BCUT2D eigenvalue weighted by Crippen LogP contribution is -2.03. The van der Waals surface area contributed by atoms with Gasteiger partial charge in [0, 0.05) is 12.8 Å². The van der Waals surface area contributed by atoms with Crippen LogP contribution >= 0.6 is 0 Å². The van der Waals surface area contributed by atoms with Crippen LogP contribution in [0, 0.1) is 5.41 Å². The van der Waals surface area contributed by atoms with E-state index in [0.29, 0.717) is 6.54 Å². The van der Waals surface area contributed by atoms with E-state index in [0.717, 1.165) is 18.3 Å². The number of rotatable bonds is 5. The Morgan fingerprint density at radius 1 is 1.64 bits per heavy atom. The van der Waals surface area contributed by atoms with Crippen molar-refractivity contribution in [3.8, 4) is 0 Å². The summed E-state index contributed by atoms with van der Waals surface area (Å²) in [4.78, 5) is 3.63. The van der Waals surface area contributed by atoms with Crippen LogP contribution in [0.25, 0.3) is 0 Å². The molecule has 3 N–H and O–H groups in total. The first-order valence-electron chi connectivity index (χ1n) is 3.37. The Balaban J connectivity index is 4.02. The molecule has 0 radical (unpaired) electrons. The molecule has 0 rings (SSSR count). The zero-order chi connectivity index (χ0) is 8.53. The van der Waals surface area contributed by atoms with Gasteiger partial charge in [-0.1, -0.05) is 12.2 Å². The van der Waals surface area contributed by atoms with Crippen LogP contribution in [0.3, 0.4) is 0 Å². The summed E-state index contributed by atoms with van der Waals surface area (Å²) in [6, 6.07) is 0. The number of nitrogens with two attached hydrogens (primary N) is 1. The van der Waals surface area contributed by atoms with Crippen molar-refractivity contribution in [3.63, 3.8) is 0 Å². The van der Waals surface area contributed by atoms with E-state index in [1.54, 1.807) is 12.3 Å². The molecule has 60 valence electrons. The molecule has 0 heterocycles. The van der Waals surface area contributed by atoms with E-state index >= 15 is 0 Å². The predicted molar refractivity (Wildman–Crippen MR) is 49.2 cm³/mol. The van der Waals surface area contributed by atoms with Crippen LogP contribution in [-0.2, 0) is 0 Å². The highest BCUT2D eigenvalue weighted by Crippen LogP contribution is 1.91. The molecule has 0 amide bonds. The van der Waals surface area contributed by atoms with Crippen molar-refractivity contribution in [1.82, 2.24) is 0 Å². The SMILES string of the molecule is C=CC/C=C(\C=N/C=N)CN. The first-order chi connectivity index (χ1) is 5.35. The van der Waals surface area contributed by atoms with Crippen LogP contribution in [0.2, 0.25) is 0 Å². The Hall–Kier alpha value is -1.22. The van der Waals surface area contributed by atoms with Crippen LogP contribution in [0.1, 0.15) is 6.42 Å². The fourth-order valence-electron chi connectivity index (χ4n) is 0.556. The van der Waals surface area contributed by atoms with Gasteiger partial charge in [0.05, 0.1) is 0 Å². The van der Waals surface area contributed by atoms with Gasteiger partial charge in [-0.25, -0.2) is 4.99 Å². The predicted octanol–water partition coefficient (Wildman–Crippen LogP) is 1.13. The third-order valence-corrected chi connectivity index (χ3v) is 1.10. The first kappa shape index (κ1) is 9.78. The number of allylic oxidation sites excluding steroid dienone is 2. The Labute approximate surface area is 66.8 Å². The van der Waals surface area contributed by atoms with Gasteiger partial charge in [0.1, 0.15) is 6.34 Å². The van der Waals surface area contributed by atoms with Crippen molar-refractivity contribution in [3.05, 3.63) is 24.3 Å². The zero-order valence-corrected chi connectivity index (χ0v) is 6.46. The summed E-state index contributed by atoms with van der Waals surface area (Å²) in [5.74, 6) is 0. The summed E-state index contributed by atoms with van der Waals surface area (Å²) in [5, 5.41) is 6.64. The molecule has 0 aromatic carbocycles. The summed E-state index contributed by atoms with van der Waals surface area (Å²) >= 11 is 0. The molecule has 0 aliphatic heterocycles. The summed E-state index contributed by atoms with van der Waals surface area (Å²) < 4.78 is 0. The Morgan fingerprint density at radius 3 is 2.82 bits per heavy atom. The van der Waals surface area contributed by atoms with Gasteiger partial charge in [-0.3, -0.25) is 5.41 Å². The minimum Gasteiger partial charge on any atom is -0.326 e. The molecular weight excluding hydrogens is 138 g/mol. The van der Waals surface area contributed by atoms with Crippen molar-refractivity contribution in [1.29, 1.82) is 5.41 Å². The summed E-state index contributed by atoms with van der Waals surface area (Å²) in [6.45, 7) is 4.02. The Bertz CT molecular complexity index is 180. The fraction of sp³-hybridized carbons (Fsp3) is 0.250. The third kappa shape index (κ3) is 5.24. The Morgan fingerprint density at radius 2 is 2.36 bits per heavy atom. The summed E-state index contributed by atoms with van der Waals surface area (Å²) in [6.07, 6.45) is 7.07. The maximum absolute atomic E-state index is 6.64. The molecule has 0 saturated carbocycles. The largest absolute Gasteiger partial charge is 0.326 e. The third-order valence-electron chi connectivity index (χ3n) is 1.10. The van der Waals surface area contributed by atoms with E-state index in [1.807, 2.05) is 6.08 Å². The second-order valence-corrected chi connectivity index (χ2v) is 1.91. The summed E-state index contributed by atoms with van der Waals surface area (Å²) in [5.41, 5.74) is 6.31. The zero-order valence-electron chi connectivity index (χ0n) is 6.46. The maximum Gasteiger partial charge on any atom is 0.106 e. The Kier molecular flexibility index (Phi) is 6.13. The average molecular weight is 151 g/mol. The highest BCUT2D eigenvalue weighted by atomic mass is 14.7. The minimum absolute atomic E-state index is 0.450. The van der Waals surface area contributed by atoms with Gasteiger partial charge in [-0.05, 0) is 12.0 Å². The molecule has 0 bridgehead atoms. The molecule has 11 heavy (non-hydrogen) atoms. The van der Waals surface area contributed by atoms with E-state index in [1.165, 1.54) is 0 Å². The molecular formula is C8H13N3. The van der Waals surface area contributed by atoms with E-state index in [4.69, 9.17) is 11.1 Å². The molecule has 0 aromatic heterocycles. The van der Waals surface area contributed by atoms with Gasteiger partial charge in [-0.2, -0.15) is 0 Å². The average Bonchev–Trinajstić information content (AvgIpc) is 2.05. The topological polar surface area (TPSA) is 62.2 Å². The van der Waals surface area contributed by atoms with Gasteiger partial charge < -0.3 is 5.73 Å². The van der Waals surface area contributed by atoms with Crippen LogP contribution in [0.5, 0.6) is 0 Å². The van der Waals surface area contributed by atoms with Crippen LogP contribution in [0.15, 0.2) is 29.3 Å². The number of aliphatic imine (C=N–C) groups is 1. The van der Waals surface area contributed by atoms with E-state index in [9.17, 15) is 0 Å². The summed E-state index contributed by atoms with van der Waals surface area (Å²) in [7, 11) is 0. The van der Waals surface area contributed by atoms with Gasteiger partial charge >= 0.3 is 0 Å². The van der Waals surface area contributed by atoms with Crippen LogP contribution in [0.4, 0.5) is 0 Å². The molecule has 0 unspecified atom stereocenters. The molecule has 0 aliphatic rings. The number of nitrogens with zero attached hydrogens (tertiary/aromatic N) is 1. The van der Waals surface area contributed by atoms with Crippen molar-refractivity contribution < 1.29 is 0 Å². The van der Waals surface area contributed by atoms with Gasteiger partial charge in [-0.15, -0.1) is 6.58 Å². The number of nitrogens with one attached hydrogen (secondary N) is 1. The van der Waals surface area contributed by atoms with Crippen LogP contribution in [-0.4, -0.2) is 19.1 Å². The van der Waals surface area contributed by atoms with Crippen molar-refractivity contribution in [2.45, 2.75) is 6.42 Å². The molecule has 0 spiro atoms. The van der Waals surface area contributed by atoms with Crippen molar-refractivity contribution in [2.24, 2.45) is 10.7 Å². The molecule has 3 heteroatoms. The quantitative estimate of drug-likeness (QED) is 0.345. The molecule has 0 aromatic rings. The lowest BCUT2D eigenvalue weighted by molar-refractivity contribution is 1.19. The molecule has 0 saturated heterocycles. The van der Waals surface area contributed by atoms with E-state index < -0.39 is 0 Å².